The van der Waals surface area contributed by atoms with Crippen LogP contribution in [-0.2, 0) is 0 Å². The lowest BCUT2D eigenvalue weighted by molar-refractivity contribution is 0.195. The molecule has 1 atom stereocenters. The van der Waals surface area contributed by atoms with E-state index in [9.17, 15) is 0 Å². The summed E-state index contributed by atoms with van der Waals surface area (Å²) in [6.45, 7) is 2.59. The molecule has 5 heteroatoms. The molecule has 0 aliphatic carbocycles. The predicted octanol–water partition coefficient (Wildman–Crippen LogP) is 3.93. The zero-order valence-electron chi connectivity index (χ0n) is 15.7. The Morgan fingerprint density at radius 1 is 0.885 bits per heavy atom. The minimum atomic E-state index is 0.333. The van der Waals surface area contributed by atoms with Crippen molar-refractivity contribution in [2.24, 2.45) is 0 Å². The third kappa shape index (κ3) is 4.22. The van der Waals surface area contributed by atoms with Crippen molar-refractivity contribution in [3.8, 4) is 23.0 Å². The number of likely N-dealkylation sites (tertiary alicyclic amines) is 1. The Morgan fingerprint density at radius 3 is 2.27 bits per heavy atom. The zero-order valence-corrected chi connectivity index (χ0v) is 15.7. The van der Waals surface area contributed by atoms with Crippen LogP contribution in [0.1, 0.15) is 24.4 Å². The van der Waals surface area contributed by atoms with E-state index in [1.165, 1.54) is 12.0 Å². The molecule has 0 bridgehead atoms. The largest absolute Gasteiger partial charge is 0.497 e. The van der Waals surface area contributed by atoms with Crippen LogP contribution in [0.4, 0.5) is 0 Å². The van der Waals surface area contributed by atoms with Gasteiger partial charge in [0.25, 0.3) is 0 Å². The van der Waals surface area contributed by atoms with E-state index < -0.39 is 0 Å². The van der Waals surface area contributed by atoms with E-state index in [1.54, 1.807) is 21.3 Å². The van der Waals surface area contributed by atoms with Crippen molar-refractivity contribution in [3.05, 3.63) is 48.0 Å². The molecule has 1 aliphatic rings. The smallest absolute Gasteiger partial charge is 0.123 e. The summed E-state index contributed by atoms with van der Waals surface area (Å²) in [5, 5.41) is 0. The van der Waals surface area contributed by atoms with Crippen molar-refractivity contribution in [1.82, 2.24) is 4.90 Å². The van der Waals surface area contributed by atoms with Gasteiger partial charge in [-0.25, -0.2) is 0 Å². The maximum Gasteiger partial charge on any atom is 0.123 e. The Hall–Kier alpha value is -2.40. The van der Waals surface area contributed by atoms with Gasteiger partial charge in [0.15, 0.2) is 0 Å². The van der Waals surface area contributed by atoms with Crippen molar-refractivity contribution >= 4 is 0 Å². The normalized spacial score (nSPS) is 17.1. The molecule has 0 aromatic heterocycles. The molecule has 3 rings (SSSR count). The van der Waals surface area contributed by atoms with E-state index in [2.05, 4.69) is 11.0 Å². The Balaban J connectivity index is 1.63. The molecule has 0 radical (unpaired) electrons. The Morgan fingerprint density at radius 2 is 1.58 bits per heavy atom. The van der Waals surface area contributed by atoms with E-state index in [-0.39, 0.29) is 0 Å². The first kappa shape index (κ1) is 18.4. The van der Waals surface area contributed by atoms with Gasteiger partial charge < -0.3 is 18.9 Å². The van der Waals surface area contributed by atoms with E-state index in [0.29, 0.717) is 12.6 Å². The van der Waals surface area contributed by atoms with Crippen LogP contribution in [0.25, 0.3) is 0 Å². The molecule has 0 N–H and O–H groups in total. The maximum atomic E-state index is 5.90. The van der Waals surface area contributed by atoms with E-state index >= 15 is 0 Å². The van der Waals surface area contributed by atoms with Crippen LogP contribution in [0.3, 0.4) is 0 Å². The summed E-state index contributed by atoms with van der Waals surface area (Å²) in [6.07, 6.45) is 2.29. The van der Waals surface area contributed by atoms with Crippen molar-refractivity contribution in [3.63, 3.8) is 0 Å². The number of rotatable bonds is 8. The fourth-order valence-corrected chi connectivity index (χ4v) is 3.50. The summed E-state index contributed by atoms with van der Waals surface area (Å²) in [4.78, 5) is 2.46. The van der Waals surface area contributed by atoms with Crippen LogP contribution >= 0.6 is 0 Å². The van der Waals surface area contributed by atoms with Gasteiger partial charge >= 0.3 is 0 Å². The zero-order chi connectivity index (χ0) is 18.4. The SMILES string of the molecule is COc1ccc(OCCN2CCCC2c2cc(OC)ccc2OC)cc1. The average molecular weight is 357 g/mol. The predicted molar refractivity (Wildman–Crippen MR) is 102 cm³/mol. The molecule has 5 nitrogen and oxygen atoms in total. The average Bonchev–Trinajstić information content (AvgIpc) is 3.16. The van der Waals surface area contributed by atoms with Crippen LogP contribution in [0.5, 0.6) is 23.0 Å². The number of hydrogen-bond donors (Lipinski definition) is 0. The molecule has 2 aromatic carbocycles. The highest BCUT2D eigenvalue weighted by atomic mass is 16.5. The van der Waals surface area contributed by atoms with Crippen LogP contribution in [0.2, 0.25) is 0 Å². The quantitative estimate of drug-likeness (QED) is 0.716. The van der Waals surface area contributed by atoms with Gasteiger partial charge in [-0.3, -0.25) is 4.90 Å². The van der Waals surface area contributed by atoms with Crippen LogP contribution in [0, 0.1) is 0 Å². The van der Waals surface area contributed by atoms with Crippen molar-refractivity contribution < 1.29 is 18.9 Å². The first-order valence-electron chi connectivity index (χ1n) is 8.98. The summed E-state index contributed by atoms with van der Waals surface area (Å²) < 4.78 is 22.0. The molecule has 1 heterocycles. The van der Waals surface area contributed by atoms with Gasteiger partial charge in [0.05, 0.1) is 21.3 Å². The van der Waals surface area contributed by atoms with Crippen molar-refractivity contribution in [1.29, 1.82) is 0 Å². The van der Waals surface area contributed by atoms with Crippen molar-refractivity contribution in [2.45, 2.75) is 18.9 Å². The molecule has 0 amide bonds. The molecule has 0 saturated carbocycles. The lowest BCUT2D eigenvalue weighted by Crippen LogP contribution is -2.28. The second-order valence-corrected chi connectivity index (χ2v) is 6.33. The molecular weight excluding hydrogens is 330 g/mol. The minimum Gasteiger partial charge on any atom is -0.497 e. The van der Waals surface area contributed by atoms with Gasteiger partial charge in [0.2, 0.25) is 0 Å². The number of hydrogen-bond acceptors (Lipinski definition) is 5. The topological polar surface area (TPSA) is 40.2 Å². The summed E-state index contributed by atoms with van der Waals surface area (Å²) in [6, 6.07) is 14.0. The second-order valence-electron chi connectivity index (χ2n) is 6.33. The molecule has 26 heavy (non-hydrogen) atoms. The number of benzene rings is 2. The van der Waals surface area contributed by atoms with Crippen molar-refractivity contribution in [2.75, 3.05) is 41.0 Å². The van der Waals surface area contributed by atoms with Gasteiger partial charge in [-0.05, 0) is 61.9 Å². The maximum absolute atomic E-state index is 5.90. The third-order valence-electron chi connectivity index (χ3n) is 4.87. The number of ether oxygens (including phenoxy) is 4. The molecule has 1 unspecified atom stereocenters. The van der Waals surface area contributed by atoms with Gasteiger partial charge in [-0.2, -0.15) is 0 Å². The summed E-state index contributed by atoms with van der Waals surface area (Å²) in [7, 11) is 5.08. The highest BCUT2D eigenvalue weighted by molar-refractivity contribution is 5.42. The summed E-state index contributed by atoms with van der Waals surface area (Å²) >= 11 is 0. The summed E-state index contributed by atoms with van der Waals surface area (Å²) in [5.74, 6) is 3.48. The molecule has 2 aromatic rings. The highest BCUT2D eigenvalue weighted by Crippen LogP contribution is 2.38. The molecule has 1 fully saturated rings. The Bertz CT molecular complexity index is 702. The van der Waals surface area contributed by atoms with Gasteiger partial charge in [-0.15, -0.1) is 0 Å². The first-order chi connectivity index (χ1) is 12.7. The fourth-order valence-electron chi connectivity index (χ4n) is 3.50. The minimum absolute atomic E-state index is 0.333. The molecule has 140 valence electrons. The monoisotopic (exact) mass is 357 g/mol. The first-order valence-corrected chi connectivity index (χ1v) is 8.98. The molecule has 1 saturated heterocycles. The number of nitrogens with zero attached hydrogens (tertiary/aromatic N) is 1. The molecular formula is C21H27NO4. The van der Waals surface area contributed by atoms with E-state index in [4.69, 9.17) is 18.9 Å². The fraction of sp³-hybridized carbons (Fsp3) is 0.429. The molecule has 0 spiro atoms. The van der Waals surface area contributed by atoms with Crippen LogP contribution in [-0.4, -0.2) is 45.9 Å². The Labute approximate surface area is 155 Å². The van der Waals surface area contributed by atoms with Gasteiger partial charge in [0.1, 0.15) is 29.6 Å². The lowest BCUT2D eigenvalue weighted by atomic mass is 10.0. The number of methoxy groups -OCH3 is 3. The third-order valence-corrected chi connectivity index (χ3v) is 4.87. The van der Waals surface area contributed by atoms with Gasteiger partial charge in [0, 0.05) is 18.2 Å². The van der Waals surface area contributed by atoms with Gasteiger partial charge in [-0.1, -0.05) is 0 Å². The Kier molecular flexibility index (Phi) is 6.23. The van der Waals surface area contributed by atoms with E-state index in [1.807, 2.05) is 36.4 Å². The standard InChI is InChI=1S/C21H27NO4/c1-23-16-6-8-17(9-7-16)26-14-13-22-12-4-5-20(22)19-15-18(24-2)10-11-21(19)25-3/h6-11,15,20H,4-5,12-14H2,1-3H3. The highest BCUT2D eigenvalue weighted by Gasteiger charge is 2.28. The van der Waals surface area contributed by atoms with Crippen LogP contribution in [0.15, 0.2) is 42.5 Å². The lowest BCUT2D eigenvalue weighted by Gasteiger charge is -2.26. The van der Waals surface area contributed by atoms with E-state index in [0.717, 1.165) is 42.5 Å². The van der Waals surface area contributed by atoms with Crippen LogP contribution < -0.4 is 18.9 Å². The summed E-state index contributed by atoms with van der Waals surface area (Å²) in [5.41, 5.74) is 1.19. The second kappa shape index (κ2) is 8.81. The molecule has 1 aliphatic heterocycles.